The number of esters is 1. The molecule has 1 aromatic carbocycles. The van der Waals surface area contributed by atoms with Crippen LogP contribution in [0.15, 0.2) is 24.0 Å². The van der Waals surface area contributed by atoms with E-state index in [9.17, 15) is 18.4 Å². The van der Waals surface area contributed by atoms with Gasteiger partial charge < -0.3 is 15.0 Å². The number of aryl methyl sites for hydroxylation is 1. The topological polar surface area (TPSA) is 74.3 Å². The van der Waals surface area contributed by atoms with Gasteiger partial charge >= 0.3 is 5.97 Å². The number of anilines is 1. The van der Waals surface area contributed by atoms with Crippen LogP contribution >= 0.6 is 0 Å². The van der Waals surface area contributed by atoms with E-state index in [2.05, 4.69) is 13.2 Å². The Morgan fingerprint density at radius 1 is 1.42 bits per heavy atom. The predicted octanol–water partition coefficient (Wildman–Crippen LogP) is 2.79. The summed E-state index contributed by atoms with van der Waals surface area (Å²) in [7, 11) is 0. The van der Waals surface area contributed by atoms with Crippen LogP contribution in [-0.2, 0) is 17.7 Å². The molecule has 5 nitrogen and oxygen atoms in total. The van der Waals surface area contributed by atoms with Gasteiger partial charge in [0.15, 0.2) is 11.6 Å². The second kappa shape index (κ2) is 6.82. The van der Waals surface area contributed by atoms with Crippen LogP contribution in [0, 0.1) is 11.6 Å². The smallest absolute Gasteiger partial charge is 0.343 e. The van der Waals surface area contributed by atoms with Crippen molar-refractivity contribution in [1.29, 1.82) is 0 Å². The second-order valence-electron chi connectivity index (χ2n) is 5.11. The van der Waals surface area contributed by atoms with Crippen molar-refractivity contribution >= 4 is 22.6 Å². The van der Waals surface area contributed by atoms with Crippen molar-refractivity contribution in [2.24, 2.45) is 0 Å². The molecule has 2 heterocycles. The van der Waals surface area contributed by atoms with E-state index in [0.717, 1.165) is 6.07 Å². The Bertz CT molecular complexity index is 875. The Balaban J connectivity index is 0.00000100. The van der Waals surface area contributed by atoms with Crippen LogP contribution in [0.25, 0.3) is 10.9 Å². The number of hydrogen-bond acceptors (Lipinski definition) is 4. The summed E-state index contributed by atoms with van der Waals surface area (Å²) in [5.41, 5.74) is 4.85. The van der Waals surface area contributed by atoms with Crippen molar-refractivity contribution in [1.82, 2.24) is 4.57 Å². The molecule has 7 heteroatoms. The molecule has 0 saturated heterocycles. The quantitative estimate of drug-likeness (QED) is 0.520. The molecule has 0 bridgehead atoms. The molecule has 0 amide bonds. The monoisotopic (exact) mass is 336 g/mol. The first-order valence-corrected chi connectivity index (χ1v) is 7.47. The Kier molecular flexibility index (Phi) is 5.02. The lowest BCUT2D eigenvalue weighted by Crippen LogP contribution is -2.24. The number of halogens is 2. The fourth-order valence-electron chi connectivity index (χ4n) is 2.95. The number of nitrogen functional groups attached to an aromatic ring is 1. The highest BCUT2D eigenvalue weighted by Crippen LogP contribution is 2.29. The minimum absolute atomic E-state index is 0.114. The lowest BCUT2D eigenvalue weighted by Gasteiger charge is -2.15. The molecule has 0 unspecified atom stereocenters. The molecule has 128 valence electrons. The van der Waals surface area contributed by atoms with E-state index < -0.39 is 28.7 Å². The third kappa shape index (κ3) is 2.55. The van der Waals surface area contributed by atoms with Crippen molar-refractivity contribution in [3.05, 3.63) is 52.3 Å². The molecule has 1 aromatic heterocycles. The molecule has 2 N–H and O–H groups in total. The number of carbonyl (C=O) groups is 1. The molecule has 1 aliphatic rings. The zero-order valence-corrected chi connectivity index (χ0v) is 13.3. The van der Waals surface area contributed by atoms with Gasteiger partial charge in [0.1, 0.15) is 5.56 Å². The molecule has 0 saturated carbocycles. The summed E-state index contributed by atoms with van der Waals surface area (Å²) in [6, 6.07) is 0.951. The molecule has 24 heavy (non-hydrogen) atoms. The van der Waals surface area contributed by atoms with Gasteiger partial charge in [0.2, 0.25) is 5.43 Å². The van der Waals surface area contributed by atoms with Crippen LogP contribution < -0.4 is 11.2 Å². The van der Waals surface area contributed by atoms with Crippen LogP contribution in [0.2, 0.25) is 0 Å². The predicted molar refractivity (Wildman–Crippen MR) is 88.1 cm³/mol. The van der Waals surface area contributed by atoms with Crippen molar-refractivity contribution in [3.63, 3.8) is 0 Å². The highest BCUT2D eigenvalue weighted by molar-refractivity contribution is 5.99. The summed E-state index contributed by atoms with van der Waals surface area (Å²) in [6.07, 6.45) is 1.20. The summed E-state index contributed by atoms with van der Waals surface area (Å²) >= 11 is 0. The molecule has 1 aliphatic heterocycles. The Morgan fingerprint density at radius 2 is 2.08 bits per heavy atom. The number of benzene rings is 1. The highest BCUT2D eigenvalue weighted by atomic mass is 19.2. The maximum Gasteiger partial charge on any atom is 0.343 e. The maximum absolute atomic E-state index is 13.7. The van der Waals surface area contributed by atoms with Crippen LogP contribution in [0.5, 0.6) is 0 Å². The highest BCUT2D eigenvalue weighted by Gasteiger charge is 2.28. The third-order valence-electron chi connectivity index (χ3n) is 3.87. The second-order valence-corrected chi connectivity index (χ2v) is 5.11. The van der Waals surface area contributed by atoms with E-state index in [0.29, 0.717) is 25.1 Å². The van der Waals surface area contributed by atoms with Gasteiger partial charge in [-0.25, -0.2) is 13.6 Å². The van der Waals surface area contributed by atoms with Gasteiger partial charge in [-0.1, -0.05) is 0 Å². The fraction of sp³-hybridized carbons (Fsp3) is 0.294. The summed E-state index contributed by atoms with van der Waals surface area (Å²) in [4.78, 5) is 24.7. The first kappa shape index (κ1) is 17.7. The van der Waals surface area contributed by atoms with E-state index in [1.54, 1.807) is 11.5 Å². The molecular weight excluding hydrogens is 318 g/mol. The van der Waals surface area contributed by atoms with E-state index >= 15 is 0 Å². The lowest BCUT2D eigenvalue weighted by molar-refractivity contribution is 0.0523. The van der Waals surface area contributed by atoms with E-state index in [-0.39, 0.29) is 23.1 Å². The van der Waals surface area contributed by atoms with Crippen LogP contribution in [0.3, 0.4) is 0 Å². The number of pyridine rings is 1. The van der Waals surface area contributed by atoms with E-state index in [1.165, 1.54) is 0 Å². The van der Waals surface area contributed by atoms with Crippen LogP contribution in [0.1, 0.15) is 29.4 Å². The molecule has 3 rings (SSSR count). The standard InChI is InChI=1S/C15H14F2N2O3.C2H4/c1-2-22-15(21)11-8-4-3-5-19(8)9-6-7(16)12(17)13(18)10(9)14(11)20;1-2/h6H,2-5,18H2,1H3;1-2H2. The SMILES string of the molecule is C=C.CCOC(=O)c1c2n(c3cc(F)c(F)c(N)c3c1=O)CCC2. The minimum Gasteiger partial charge on any atom is -0.462 e. The van der Waals surface area contributed by atoms with Gasteiger partial charge in [-0.3, -0.25) is 4.79 Å². The molecule has 0 fully saturated rings. The number of fused-ring (bicyclic) bond motifs is 3. The van der Waals surface area contributed by atoms with Gasteiger partial charge in [0.25, 0.3) is 0 Å². The molecule has 2 aromatic rings. The van der Waals surface area contributed by atoms with Crippen molar-refractivity contribution < 1.29 is 18.3 Å². The number of nitrogens with zero attached hydrogens (tertiary/aromatic N) is 1. The van der Waals surface area contributed by atoms with Crippen molar-refractivity contribution in [3.8, 4) is 0 Å². The van der Waals surface area contributed by atoms with Gasteiger partial charge in [-0.05, 0) is 19.8 Å². The maximum atomic E-state index is 13.7. The largest absolute Gasteiger partial charge is 0.462 e. The van der Waals surface area contributed by atoms with Gasteiger partial charge in [0, 0.05) is 18.3 Å². The number of hydrogen-bond donors (Lipinski definition) is 1. The molecule has 0 spiro atoms. The lowest BCUT2D eigenvalue weighted by atomic mass is 10.0. The molecular formula is C17H18F2N2O3. The molecule has 0 radical (unpaired) electrons. The van der Waals surface area contributed by atoms with Crippen LogP contribution in [-0.4, -0.2) is 17.1 Å². The Labute approximate surface area is 137 Å². The molecule has 0 aliphatic carbocycles. The Morgan fingerprint density at radius 3 is 2.71 bits per heavy atom. The van der Waals surface area contributed by atoms with Gasteiger partial charge in [0.05, 0.1) is 23.2 Å². The third-order valence-corrected chi connectivity index (χ3v) is 3.87. The van der Waals surface area contributed by atoms with E-state index in [4.69, 9.17) is 10.5 Å². The summed E-state index contributed by atoms with van der Waals surface area (Å²) < 4.78 is 33.9. The summed E-state index contributed by atoms with van der Waals surface area (Å²) in [5, 5.41) is -0.174. The van der Waals surface area contributed by atoms with E-state index in [1.807, 2.05) is 0 Å². The summed E-state index contributed by atoms with van der Waals surface area (Å²) in [6.45, 7) is 8.24. The average molecular weight is 336 g/mol. The minimum atomic E-state index is -1.28. The van der Waals surface area contributed by atoms with Gasteiger partial charge in [-0.2, -0.15) is 0 Å². The Hall–Kier alpha value is -2.70. The summed E-state index contributed by atoms with van der Waals surface area (Å²) in [5.74, 6) is -3.16. The first-order valence-electron chi connectivity index (χ1n) is 7.47. The van der Waals surface area contributed by atoms with Crippen molar-refractivity contribution in [2.75, 3.05) is 12.3 Å². The van der Waals surface area contributed by atoms with Crippen LogP contribution in [0.4, 0.5) is 14.5 Å². The van der Waals surface area contributed by atoms with Gasteiger partial charge in [-0.15, -0.1) is 13.2 Å². The zero-order chi connectivity index (χ0) is 18.0. The first-order chi connectivity index (χ1) is 11.5. The zero-order valence-electron chi connectivity index (χ0n) is 13.3. The number of rotatable bonds is 2. The number of aromatic nitrogens is 1. The number of ether oxygens (including phenoxy) is 1. The number of carbonyl (C=O) groups excluding carboxylic acids is 1. The average Bonchev–Trinajstić information content (AvgIpc) is 3.04. The fourth-order valence-corrected chi connectivity index (χ4v) is 2.95. The van der Waals surface area contributed by atoms with Crippen molar-refractivity contribution in [2.45, 2.75) is 26.3 Å². The number of nitrogens with two attached hydrogens (primary N) is 1. The molecule has 0 atom stereocenters. The normalized spacial score (nSPS) is 12.5.